The van der Waals surface area contributed by atoms with Gasteiger partial charge in [-0.2, -0.15) is 5.10 Å². The average Bonchev–Trinajstić information content (AvgIpc) is 2.93. The maximum Gasteiger partial charge on any atom is 0.259 e. The quantitative estimate of drug-likeness (QED) is 0.798. The highest BCUT2D eigenvalue weighted by molar-refractivity contribution is 6.05. The smallest absolute Gasteiger partial charge is 0.259 e. The number of rotatable bonds is 3. The van der Waals surface area contributed by atoms with Gasteiger partial charge >= 0.3 is 0 Å². The molecule has 5 heteroatoms. The Hall–Kier alpha value is -2.95. The van der Waals surface area contributed by atoms with Gasteiger partial charge in [0.15, 0.2) is 0 Å². The van der Waals surface area contributed by atoms with Crippen LogP contribution in [0.25, 0.3) is 5.69 Å². The zero-order valence-corrected chi connectivity index (χ0v) is 12.9. The van der Waals surface area contributed by atoms with Crippen molar-refractivity contribution < 1.29 is 9.18 Å². The van der Waals surface area contributed by atoms with Crippen LogP contribution < -0.4 is 5.32 Å². The summed E-state index contributed by atoms with van der Waals surface area (Å²) in [5.74, 6) is -0.660. The largest absolute Gasteiger partial charge is 0.322 e. The Labute approximate surface area is 133 Å². The highest BCUT2D eigenvalue weighted by atomic mass is 19.1. The van der Waals surface area contributed by atoms with Gasteiger partial charge in [0.1, 0.15) is 5.82 Å². The Balaban J connectivity index is 1.86. The first-order chi connectivity index (χ1) is 11.1. The van der Waals surface area contributed by atoms with Gasteiger partial charge in [-0.1, -0.05) is 24.3 Å². The van der Waals surface area contributed by atoms with Crippen LogP contribution in [0.2, 0.25) is 0 Å². The lowest BCUT2D eigenvalue weighted by Crippen LogP contribution is -2.13. The number of para-hydroxylation sites is 1. The fourth-order valence-electron chi connectivity index (χ4n) is 2.33. The first-order valence-corrected chi connectivity index (χ1v) is 7.24. The third kappa shape index (κ3) is 2.99. The summed E-state index contributed by atoms with van der Waals surface area (Å²) in [5.41, 5.74) is 3.02. The SMILES string of the molecule is Cc1ccc(NC(=O)c2cnn(-c3ccccc3)c2C)cc1F. The van der Waals surface area contributed by atoms with Crippen LogP contribution in [0.15, 0.2) is 54.7 Å². The average molecular weight is 309 g/mol. The van der Waals surface area contributed by atoms with E-state index in [-0.39, 0.29) is 11.7 Å². The summed E-state index contributed by atoms with van der Waals surface area (Å²) in [5, 5.41) is 6.96. The Morgan fingerprint density at radius 1 is 1.13 bits per heavy atom. The van der Waals surface area contributed by atoms with Gasteiger partial charge in [0.25, 0.3) is 5.91 Å². The van der Waals surface area contributed by atoms with E-state index in [1.54, 1.807) is 23.7 Å². The van der Waals surface area contributed by atoms with E-state index in [4.69, 9.17) is 0 Å². The molecule has 2 aromatic carbocycles. The van der Waals surface area contributed by atoms with Crippen molar-refractivity contribution >= 4 is 11.6 Å². The van der Waals surface area contributed by atoms with Crippen LogP contribution in [0.1, 0.15) is 21.6 Å². The summed E-state index contributed by atoms with van der Waals surface area (Å²) >= 11 is 0. The van der Waals surface area contributed by atoms with E-state index in [1.807, 2.05) is 37.3 Å². The van der Waals surface area contributed by atoms with E-state index in [0.717, 1.165) is 11.4 Å². The van der Waals surface area contributed by atoms with Gasteiger partial charge < -0.3 is 5.32 Å². The van der Waals surface area contributed by atoms with Gasteiger partial charge in [-0.05, 0) is 43.7 Å². The fourth-order valence-corrected chi connectivity index (χ4v) is 2.33. The molecule has 3 aromatic rings. The third-order valence-corrected chi connectivity index (χ3v) is 3.68. The summed E-state index contributed by atoms with van der Waals surface area (Å²) in [4.78, 5) is 12.4. The minimum absolute atomic E-state index is 0.312. The highest BCUT2D eigenvalue weighted by Gasteiger charge is 2.15. The molecule has 0 bridgehead atoms. The zero-order chi connectivity index (χ0) is 16.4. The number of carbonyl (C=O) groups is 1. The number of amides is 1. The molecule has 0 spiro atoms. The first-order valence-electron chi connectivity index (χ1n) is 7.24. The van der Waals surface area contributed by atoms with Crippen molar-refractivity contribution in [3.8, 4) is 5.69 Å². The summed E-state index contributed by atoms with van der Waals surface area (Å²) in [6.07, 6.45) is 1.52. The summed E-state index contributed by atoms with van der Waals surface area (Å²) in [6.45, 7) is 3.50. The normalized spacial score (nSPS) is 10.6. The fraction of sp³-hybridized carbons (Fsp3) is 0.111. The van der Waals surface area contributed by atoms with Crippen LogP contribution in [-0.4, -0.2) is 15.7 Å². The molecule has 0 aliphatic heterocycles. The Bertz CT molecular complexity index is 856. The molecule has 4 nitrogen and oxygen atoms in total. The number of nitrogens with one attached hydrogen (secondary N) is 1. The Morgan fingerprint density at radius 3 is 2.57 bits per heavy atom. The maximum absolute atomic E-state index is 13.6. The second-order valence-electron chi connectivity index (χ2n) is 5.31. The predicted molar refractivity (Wildman–Crippen MR) is 87.4 cm³/mol. The number of hydrogen-bond donors (Lipinski definition) is 1. The van der Waals surface area contributed by atoms with Gasteiger partial charge in [-0.25, -0.2) is 9.07 Å². The van der Waals surface area contributed by atoms with Crippen LogP contribution in [0.5, 0.6) is 0 Å². The minimum atomic E-state index is -0.348. The van der Waals surface area contributed by atoms with Crippen molar-refractivity contribution in [3.05, 3.63) is 77.4 Å². The maximum atomic E-state index is 13.6. The molecule has 0 aliphatic carbocycles. The molecule has 0 fully saturated rings. The molecule has 0 aliphatic rings. The number of benzene rings is 2. The molecular formula is C18H16FN3O. The lowest BCUT2D eigenvalue weighted by atomic mass is 10.2. The first kappa shape index (κ1) is 15.0. The second kappa shape index (κ2) is 6.04. The monoisotopic (exact) mass is 309 g/mol. The van der Waals surface area contributed by atoms with Crippen LogP contribution in [0.4, 0.5) is 10.1 Å². The molecule has 0 atom stereocenters. The summed E-state index contributed by atoms with van der Waals surface area (Å²) < 4.78 is 15.3. The van der Waals surface area contributed by atoms with E-state index < -0.39 is 0 Å². The lowest BCUT2D eigenvalue weighted by Gasteiger charge is -2.07. The van der Waals surface area contributed by atoms with Gasteiger partial charge in [0.2, 0.25) is 0 Å². The van der Waals surface area contributed by atoms with Crippen LogP contribution in [-0.2, 0) is 0 Å². The number of nitrogens with zero attached hydrogens (tertiary/aromatic N) is 2. The van der Waals surface area contributed by atoms with Crippen molar-refractivity contribution in [1.29, 1.82) is 0 Å². The Kier molecular flexibility index (Phi) is 3.93. The van der Waals surface area contributed by atoms with Crippen molar-refractivity contribution in [2.24, 2.45) is 0 Å². The highest BCUT2D eigenvalue weighted by Crippen LogP contribution is 2.17. The van der Waals surface area contributed by atoms with Crippen molar-refractivity contribution in [3.63, 3.8) is 0 Å². The summed E-state index contributed by atoms with van der Waals surface area (Å²) in [7, 11) is 0. The van der Waals surface area contributed by atoms with Crippen LogP contribution in [0.3, 0.4) is 0 Å². The van der Waals surface area contributed by atoms with E-state index in [2.05, 4.69) is 10.4 Å². The molecule has 1 aromatic heterocycles. The second-order valence-corrected chi connectivity index (χ2v) is 5.31. The molecule has 1 N–H and O–H groups in total. The van der Waals surface area contributed by atoms with Gasteiger partial charge in [0, 0.05) is 5.69 Å². The van der Waals surface area contributed by atoms with Gasteiger partial charge in [0.05, 0.1) is 23.1 Å². The molecular weight excluding hydrogens is 293 g/mol. The van der Waals surface area contributed by atoms with Crippen LogP contribution >= 0.6 is 0 Å². The Morgan fingerprint density at radius 2 is 1.87 bits per heavy atom. The number of aryl methyl sites for hydroxylation is 1. The van der Waals surface area contributed by atoms with E-state index in [1.165, 1.54) is 12.3 Å². The molecule has 116 valence electrons. The topological polar surface area (TPSA) is 46.9 Å². The van der Waals surface area contributed by atoms with Crippen molar-refractivity contribution in [2.45, 2.75) is 13.8 Å². The number of anilines is 1. The van der Waals surface area contributed by atoms with Crippen molar-refractivity contribution in [2.75, 3.05) is 5.32 Å². The molecule has 0 radical (unpaired) electrons. The third-order valence-electron chi connectivity index (χ3n) is 3.68. The molecule has 0 saturated heterocycles. The standard InChI is InChI=1S/C18H16FN3O/c1-12-8-9-14(10-17(12)19)21-18(23)16-11-20-22(13(16)2)15-6-4-3-5-7-15/h3-11H,1-2H3,(H,21,23). The zero-order valence-electron chi connectivity index (χ0n) is 12.9. The molecule has 1 amide bonds. The van der Waals surface area contributed by atoms with Crippen LogP contribution in [0, 0.1) is 19.7 Å². The molecule has 3 rings (SSSR count). The molecule has 23 heavy (non-hydrogen) atoms. The molecule has 1 heterocycles. The van der Waals surface area contributed by atoms with Gasteiger partial charge in [-0.15, -0.1) is 0 Å². The minimum Gasteiger partial charge on any atom is -0.322 e. The number of aromatic nitrogens is 2. The number of halogens is 1. The predicted octanol–water partition coefficient (Wildman–Crippen LogP) is 3.88. The van der Waals surface area contributed by atoms with E-state index in [0.29, 0.717) is 16.8 Å². The lowest BCUT2D eigenvalue weighted by molar-refractivity contribution is 0.102. The number of carbonyl (C=O) groups excluding carboxylic acids is 1. The summed E-state index contributed by atoms with van der Waals surface area (Å²) in [6, 6.07) is 14.2. The van der Waals surface area contributed by atoms with Crippen molar-refractivity contribution in [1.82, 2.24) is 9.78 Å². The molecule has 0 saturated carbocycles. The number of hydrogen-bond acceptors (Lipinski definition) is 2. The molecule has 0 unspecified atom stereocenters. The van der Waals surface area contributed by atoms with E-state index >= 15 is 0 Å². The van der Waals surface area contributed by atoms with E-state index in [9.17, 15) is 9.18 Å². The van der Waals surface area contributed by atoms with Gasteiger partial charge in [-0.3, -0.25) is 4.79 Å².